The van der Waals surface area contributed by atoms with Crippen molar-refractivity contribution in [2.24, 2.45) is 4.99 Å². The number of allylic oxidation sites excluding steroid dienone is 3. The number of aliphatic imine (C=N–C) groups is 1. The van der Waals surface area contributed by atoms with E-state index in [2.05, 4.69) is 93.7 Å². The minimum absolute atomic E-state index is 0.672. The Kier molecular flexibility index (Phi) is 7.56. The predicted molar refractivity (Wildman–Crippen MR) is 143 cm³/mol. The molecule has 4 rings (SSSR count). The maximum atomic E-state index is 4.55. The van der Waals surface area contributed by atoms with Crippen LogP contribution in [-0.4, -0.2) is 21.2 Å². The van der Waals surface area contributed by atoms with Crippen LogP contribution in [0.3, 0.4) is 0 Å². The molecule has 0 spiro atoms. The minimum Gasteiger partial charge on any atom is -0.366 e. The number of nitrogens with one attached hydrogen (secondary N) is 1. The number of hydrogen-bond acceptors (Lipinski definition) is 5. The zero-order chi connectivity index (χ0) is 23.8. The number of benzene rings is 2. The van der Waals surface area contributed by atoms with Crippen molar-refractivity contribution in [1.82, 2.24) is 15.0 Å². The van der Waals surface area contributed by atoms with E-state index >= 15 is 0 Å². The van der Waals surface area contributed by atoms with Crippen molar-refractivity contribution in [3.05, 3.63) is 102 Å². The molecular formula is C29H29N5. The third kappa shape index (κ3) is 5.44. The van der Waals surface area contributed by atoms with E-state index in [1.165, 1.54) is 5.56 Å². The molecule has 0 unspecified atom stereocenters. The summed E-state index contributed by atoms with van der Waals surface area (Å²) in [7, 11) is 0. The van der Waals surface area contributed by atoms with E-state index < -0.39 is 0 Å². The zero-order valence-electron chi connectivity index (χ0n) is 19.9. The van der Waals surface area contributed by atoms with Crippen LogP contribution in [0.25, 0.3) is 27.9 Å². The van der Waals surface area contributed by atoms with Gasteiger partial charge in [-0.3, -0.25) is 9.98 Å². The SMILES string of the molecule is CC=N/C(=C\C=C\CC)c1ccc(CNc2ncnc(-c3ccc4ncccc4c3)c2C)cc1. The normalized spacial score (nSPS) is 12.1. The summed E-state index contributed by atoms with van der Waals surface area (Å²) in [4.78, 5) is 17.9. The summed E-state index contributed by atoms with van der Waals surface area (Å²) in [6.45, 7) is 6.78. The molecule has 4 aromatic rings. The molecule has 0 aliphatic heterocycles. The van der Waals surface area contributed by atoms with Gasteiger partial charge in [0, 0.05) is 41.0 Å². The maximum Gasteiger partial charge on any atom is 0.133 e. The van der Waals surface area contributed by atoms with Gasteiger partial charge in [0.25, 0.3) is 0 Å². The van der Waals surface area contributed by atoms with Gasteiger partial charge in [-0.2, -0.15) is 0 Å². The molecule has 0 atom stereocenters. The van der Waals surface area contributed by atoms with E-state index in [9.17, 15) is 0 Å². The number of rotatable bonds is 8. The molecule has 5 heteroatoms. The van der Waals surface area contributed by atoms with Gasteiger partial charge in [0.1, 0.15) is 12.1 Å². The molecule has 2 heterocycles. The summed E-state index contributed by atoms with van der Waals surface area (Å²) >= 11 is 0. The lowest BCUT2D eigenvalue weighted by atomic mass is 10.0. The first-order valence-electron chi connectivity index (χ1n) is 11.5. The van der Waals surface area contributed by atoms with E-state index in [1.54, 1.807) is 6.33 Å². The number of pyridine rings is 1. The van der Waals surface area contributed by atoms with Gasteiger partial charge in [0.05, 0.1) is 16.9 Å². The van der Waals surface area contributed by atoms with Gasteiger partial charge in [-0.15, -0.1) is 0 Å². The second-order valence-corrected chi connectivity index (χ2v) is 7.93. The molecule has 0 amide bonds. The fraction of sp³-hybridized carbons (Fsp3) is 0.172. The molecule has 5 nitrogen and oxygen atoms in total. The summed E-state index contributed by atoms with van der Waals surface area (Å²) in [5, 5.41) is 4.57. The molecule has 0 aliphatic carbocycles. The van der Waals surface area contributed by atoms with Crippen molar-refractivity contribution in [2.45, 2.75) is 33.7 Å². The number of nitrogens with zero attached hydrogens (tertiary/aromatic N) is 4. The van der Waals surface area contributed by atoms with Crippen molar-refractivity contribution in [3.63, 3.8) is 0 Å². The maximum absolute atomic E-state index is 4.55. The summed E-state index contributed by atoms with van der Waals surface area (Å²) < 4.78 is 0. The van der Waals surface area contributed by atoms with Crippen LogP contribution in [0.1, 0.15) is 37.0 Å². The fourth-order valence-corrected chi connectivity index (χ4v) is 3.77. The molecule has 0 saturated carbocycles. The van der Waals surface area contributed by atoms with Crippen molar-refractivity contribution in [1.29, 1.82) is 0 Å². The Morgan fingerprint density at radius 2 is 1.88 bits per heavy atom. The molecule has 0 fully saturated rings. The van der Waals surface area contributed by atoms with Crippen LogP contribution in [-0.2, 0) is 6.54 Å². The van der Waals surface area contributed by atoms with E-state index in [1.807, 2.05) is 37.5 Å². The van der Waals surface area contributed by atoms with Crippen molar-refractivity contribution in [2.75, 3.05) is 5.32 Å². The molecule has 0 bridgehead atoms. The largest absolute Gasteiger partial charge is 0.366 e. The topological polar surface area (TPSA) is 63.1 Å². The van der Waals surface area contributed by atoms with Crippen LogP contribution < -0.4 is 5.32 Å². The van der Waals surface area contributed by atoms with E-state index in [-0.39, 0.29) is 0 Å². The van der Waals surface area contributed by atoms with Crippen molar-refractivity contribution < 1.29 is 0 Å². The number of anilines is 1. The van der Waals surface area contributed by atoms with Gasteiger partial charge in [-0.05, 0) is 50.1 Å². The highest BCUT2D eigenvalue weighted by Gasteiger charge is 2.10. The lowest BCUT2D eigenvalue weighted by molar-refractivity contribution is 1.06. The molecule has 1 N–H and O–H groups in total. The van der Waals surface area contributed by atoms with Crippen LogP contribution in [0, 0.1) is 6.92 Å². The van der Waals surface area contributed by atoms with Gasteiger partial charge in [0.15, 0.2) is 0 Å². The molecule has 170 valence electrons. The van der Waals surface area contributed by atoms with Crippen LogP contribution in [0.2, 0.25) is 0 Å². The number of aromatic nitrogens is 3. The fourth-order valence-electron chi connectivity index (χ4n) is 3.77. The first-order chi connectivity index (χ1) is 16.7. The Balaban J connectivity index is 1.50. The highest BCUT2D eigenvalue weighted by atomic mass is 15.0. The third-order valence-electron chi connectivity index (χ3n) is 5.56. The average Bonchev–Trinajstić information content (AvgIpc) is 2.88. The molecule has 2 aromatic carbocycles. The summed E-state index contributed by atoms with van der Waals surface area (Å²) in [6, 6.07) is 18.7. The summed E-state index contributed by atoms with van der Waals surface area (Å²) in [5.41, 5.74) is 7.19. The Bertz CT molecular complexity index is 1350. The zero-order valence-corrected chi connectivity index (χ0v) is 19.9. The molecule has 2 aromatic heterocycles. The first kappa shape index (κ1) is 23.1. The van der Waals surface area contributed by atoms with Crippen LogP contribution in [0.15, 0.2) is 90.3 Å². The second kappa shape index (κ2) is 11.1. The van der Waals surface area contributed by atoms with Crippen LogP contribution >= 0.6 is 0 Å². The van der Waals surface area contributed by atoms with Gasteiger partial charge >= 0.3 is 0 Å². The Labute approximate surface area is 201 Å². The molecule has 0 saturated heterocycles. The van der Waals surface area contributed by atoms with Crippen LogP contribution in [0.5, 0.6) is 0 Å². The Morgan fingerprint density at radius 3 is 2.68 bits per heavy atom. The number of hydrogen-bond donors (Lipinski definition) is 1. The molecular weight excluding hydrogens is 418 g/mol. The van der Waals surface area contributed by atoms with Gasteiger partial charge in [-0.25, -0.2) is 9.97 Å². The smallest absolute Gasteiger partial charge is 0.133 e. The van der Waals surface area contributed by atoms with E-state index in [0.717, 1.165) is 51.2 Å². The van der Waals surface area contributed by atoms with Gasteiger partial charge in [-0.1, -0.05) is 55.5 Å². The second-order valence-electron chi connectivity index (χ2n) is 7.93. The van der Waals surface area contributed by atoms with Gasteiger partial charge < -0.3 is 5.32 Å². The Hall–Kier alpha value is -4.12. The number of fused-ring (bicyclic) bond motifs is 1. The summed E-state index contributed by atoms with van der Waals surface area (Å²) in [5.74, 6) is 0.834. The monoisotopic (exact) mass is 447 g/mol. The standard InChI is InChI=1S/C29H29N5/c1-4-6-7-10-26(30-5-2)23-13-11-22(12-14-23)19-32-29-21(3)28(33-20-34-29)25-15-16-27-24(18-25)9-8-17-31-27/h5-18,20H,4,19H2,1-3H3,(H,32,33,34)/b7-6+,26-10-,30-5?. The molecule has 0 radical (unpaired) electrons. The van der Waals surface area contributed by atoms with Crippen molar-refractivity contribution >= 4 is 28.6 Å². The molecule has 34 heavy (non-hydrogen) atoms. The predicted octanol–water partition coefficient (Wildman–Crippen LogP) is 7.01. The minimum atomic E-state index is 0.672. The van der Waals surface area contributed by atoms with Crippen molar-refractivity contribution in [3.8, 4) is 11.3 Å². The highest BCUT2D eigenvalue weighted by Crippen LogP contribution is 2.27. The lowest BCUT2D eigenvalue weighted by Crippen LogP contribution is -2.05. The van der Waals surface area contributed by atoms with Crippen LogP contribution in [0.4, 0.5) is 5.82 Å². The van der Waals surface area contributed by atoms with E-state index in [0.29, 0.717) is 6.54 Å². The quantitative estimate of drug-likeness (QED) is 0.233. The highest BCUT2D eigenvalue weighted by molar-refractivity contribution is 5.84. The molecule has 0 aliphatic rings. The van der Waals surface area contributed by atoms with Gasteiger partial charge in [0.2, 0.25) is 0 Å². The third-order valence-corrected chi connectivity index (χ3v) is 5.56. The summed E-state index contributed by atoms with van der Waals surface area (Å²) in [6.07, 6.45) is 12.5. The average molecular weight is 448 g/mol. The lowest BCUT2D eigenvalue weighted by Gasteiger charge is -2.12. The van der Waals surface area contributed by atoms with E-state index in [4.69, 9.17) is 0 Å². The Morgan fingerprint density at radius 1 is 1.03 bits per heavy atom. The first-order valence-corrected chi connectivity index (χ1v) is 11.5.